The molecule has 1 fully saturated rings. The minimum atomic E-state index is 0.0897. The average molecular weight is 391 g/mol. The number of rotatable bonds is 4. The number of pyridine rings is 1. The van der Waals surface area contributed by atoms with Crippen molar-refractivity contribution in [2.24, 2.45) is 5.92 Å². The highest BCUT2D eigenvalue weighted by atomic mass is 17.0. The standard InChI is InChI=1S/C25H30N2O2/c1-15(2)12-18-8-7-9-21-19(18)10-11-22-20-14-16(3)13-17(4)23(20)24-25(26(21)22)27(24,28-5)29-6/h7-11,13-15,24-25H,12H2,1-6H3/q+2. The number of hydroxylamine groups is 4. The van der Waals surface area contributed by atoms with E-state index in [0.717, 1.165) is 6.42 Å². The number of aryl methyl sites for hydroxylation is 2. The smallest absolute Gasteiger partial charge is 0.164 e. The third-order valence-electron chi connectivity index (χ3n) is 6.62. The molecule has 29 heavy (non-hydrogen) atoms. The molecule has 2 atom stereocenters. The van der Waals surface area contributed by atoms with E-state index >= 15 is 0 Å². The molecule has 0 N–H and O–H groups in total. The van der Waals surface area contributed by atoms with Gasteiger partial charge in [-0.3, -0.25) is 0 Å². The second-order valence-corrected chi connectivity index (χ2v) is 8.95. The molecule has 2 aliphatic heterocycles. The first kappa shape index (κ1) is 18.7. The highest BCUT2D eigenvalue weighted by Gasteiger charge is 2.84. The molecule has 4 heteroatoms. The Morgan fingerprint density at radius 3 is 2.48 bits per heavy atom. The summed E-state index contributed by atoms with van der Waals surface area (Å²) in [6, 6.07) is 16.0. The molecule has 1 aromatic heterocycles. The minimum Gasteiger partial charge on any atom is -0.164 e. The fourth-order valence-electron chi connectivity index (χ4n) is 5.51. The van der Waals surface area contributed by atoms with Gasteiger partial charge in [-0.25, -0.2) is 0 Å². The van der Waals surface area contributed by atoms with Crippen LogP contribution in [0.5, 0.6) is 0 Å². The Morgan fingerprint density at radius 1 is 1.03 bits per heavy atom. The molecular weight excluding hydrogens is 360 g/mol. The third kappa shape index (κ3) is 2.46. The van der Waals surface area contributed by atoms with Crippen LogP contribution in [-0.2, 0) is 16.1 Å². The predicted octanol–water partition coefficient (Wildman–Crippen LogP) is 5.12. The second-order valence-electron chi connectivity index (χ2n) is 8.95. The monoisotopic (exact) mass is 390 g/mol. The van der Waals surface area contributed by atoms with E-state index in [1.165, 1.54) is 44.4 Å². The summed E-state index contributed by atoms with van der Waals surface area (Å²) in [5, 5.41) is 1.33. The van der Waals surface area contributed by atoms with Crippen LogP contribution in [0.1, 0.15) is 48.3 Å². The zero-order valence-electron chi connectivity index (χ0n) is 18.2. The Labute approximate surface area is 172 Å². The molecule has 0 saturated carbocycles. The van der Waals surface area contributed by atoms with E-state index < -0.39 is 0 Å². The van der Waals surface area contributed by atoms with Gasteiger partial charge in [0.2, 0.25) is 11.2 Å². The average Bonchev–Trinajstić information content (AvgIpc) is 3.35. The van der Waals surface area contributed by atoms with E-state index in [-0.39, 0.29) is 17.0 Å². The Hall–Kier alpha value is -2.27. The van der Waals surface area contributed by atoms with E-state index in [1.807, 2.05) is 0 Å². The van der Waals surface area contributed by atoms with Gasteiger partial charge in [-0.2, -0.15) is 9.68 Å². The van der Waals surface area contributed by atoms with Crippen LogP contribution in [0.4, 0.5) is 0 Å². The first-order valence-electron chi connectivity index (χ1n) is 10.5. The lowest BCUT2D eigenvalue weighted by molar-refractivity contribution is -1.21. The van der Waals surface area contributed by atoms with Gasteiger partial charge in [0.15, 0.2) is 0 Å². The van der Waals surface area contributed by atoms with Crippen molar-refractivity contribution >= 4 is 10.9 Å². The fourth-order valence-corrected chi connectivity index (χ4v) is 5.51. The largest absolute Gasteiger partial charge is 0.409 e. The van der Waals surface area contributed by atoms with Crippen LogP contribution >= 0.6 is 0 Å². The summed E-state index contributed by atoms with van der Waals surface area (Å²) < 4.78 is 2.46. The van der Waals surface area contributed by atoms with Crippen LogP contribution in [0.15, 0.2) is 42.5 Å². The lowest BCUT2D eigenvalue weighted by atomic mass is 9.90. The Morgan fingerprint density at radius 2 is 1.79 bits per heavy atom. The Bertz CT molecular complexity index is 1130. The van der Waals surface area contributed by atoms with Gasteiger partial charge in [-0.15, -0.1) is 4.57 Å². The van der Waals surface area contributed by atoms with Crippen molar-refractivity contribution in [2.45, 2.75) is 46.3 Å². The van der Waals surface area contributed by atoms with Crippen molar-refractivity contribution in [3.8, 4) is 11.3 Å². The first-order chi connectivity index (χ1) is 13.9. The molecule has 0 aliphatic carbocycles. The van der Waals surface area contributed by atoms with Gasteiger partial charge in [0.05, 0.1) is 19.8 Å². The van der Waals surface area contributed by atoms with Crippen LogP contribution in [0.3, 0.4) is 0 Å². The van der Waals surface area contributed by atoms with Crippen molar-refractivity contribution in [3.63, 3.8) is 0 Å². The maximum absolute atomic E-state index is 5.98. The van der Waals surface area contributed by atoms with Gasteiger partial charge in [0.25, 0.3) is 0 Å². The molecule has 1 saturated heterocycles. The summed E-state index contributed by atoms with van der Waals surface area (Å²) in [4.78, 5) is 12.1. The zero-order valence-corrected chi connectivity index (χ0v) is 18.2. The van der Waals surface area contributed by atoms with Crippen molar-refractivity contribution in [3.05, 3.63) is 64.7 Å². The van der Waals surface area contributed by atoms with Gasteiger partial charge in [0, 0.05) is 27.9 Å². The van der Waals surface area contributed by atoms with E-state index in [2.05, 4.69) is 74.7 Å². The van der Waals surface area contributed by atoms with E-state index in [9.17, 15) is 0 Å². The maximum atomic E-state index is 5.98. The molecule has 150 valence electrons. The number of nitrogens with zero attached hydrogens (tertiary/aromatic N) is 2. The maximum Gasteiger partial charge on any atom is 0.409 e. The van der Waals surface area contributed by atoms with Gasteiger partial charge in [-0.1, -0.05) is 32.0 Å². The van der Waals surface area contributed by atoms with Gasteiger partial charge in [-0.05, 0) is 55.0 Å². The molecule has 0 spiro atoms. The zero-order chi connectivity index (χ0) is 20.5. The molecule has 0 radical (unpaired) electrons. The molecule has 2 unspecified atom stereocenters. The first-order valence-corrected chi connectivity index (χ1v) is 10.5. The summed E-state index contributed by atoms with van der Waals surface area (Å²) >= 11 is 0. The highest BCUT2D eigenvalue weighted by Crippen LogP contribution is 2.62. The van der Waals surface area contributed by atoms with Crippen LogP contribution in [0.2, 0.25) is 0 Å². The fraction of sp³-hybridized carbons (Fsp3) is 0.400. The molecule has 4 nitrogen and oxygen atoms in total. The molecule has 0 amide bonds. The summed E-state index contributed by atoms with van der Waals surface area (Å²) in [6.45, 7) is 8.94. The van der Waals surface area contributed by atoms with Crippen LogP contribution < -0.4 is 4.57 Å². The summed E-state index contributed by atoms with van der Waals surface area (Å²) in [6.07, 6.45) is 1.17. The summed E-state index contributed by atoms with van der Waals surface area (Å²) in [5.74, 6) is 0.620. The molecular formula is C25H30N2O2+2. The van der Waals surface area contributed by atoms with Crippen molar-refractivity contribution in [1.29, 1.82) is 0 Å². The highest BCUT2D eigenvalue weighted by molar-refractivity contribution is 5.82. The van der Waals surface area contributed by atoms with Crippen LogP contribution in [0, 0.1) is 19.8 Å². The number of quaternary nitrogens is 1. The van der Waals surface area contributed by atoms with E-state index in [4.69, 9.17) is 9.68 Å². The van der Waals surface area contributed by atoms with Crippen LogP contribution in [-0.4, -0.2) is 19.0 Å². The van der Waals surface area contributed by atoms with E-state index in [1.54, 1.807) is 14.2 Å². The molecule has 3 heterocycles. The Kier molecular flexibility index (Phi) is 4.11. The topological polar surface area (TPSA) is 22.3 Å². The molecule has 5 rings (SSSR count). The number of fused-ring (bicyclic) bond motifs is 8. The van der Waals surface area contributed by atoms with Crippen molar-refractivity contribution < 1.29 is 19.1 Å². The number of aromatic nitrogens is 1. The Balaban J connectivity index is 1.85. The van der Waals surface area contributed by atoms with Gasteiger partial charge in [0.1, 0.15) is 0 Å². The molecule has 2 aromatic carbocycles. The normalized spacial score (nSPS) is 21.1. The molecule has 3 aromatic rings. The van der Waals surface area contributed by atoms with Gasteiger partial charge < -0.3 is 0 Å². The second kappa shape index (κ2) is 6.36. The van der Waals surface area contributed by atoms with Crippen molar-refractivity contribution in [1.82, 2.24) is 0 Å². The number of hydrogen-bond acceptors (Lipinski definition) is 2. The lowest BCUT2D eigenvalue weighted by Gasteiger charge is -2.14. The summed E-state index contributed by atoms with van der Waals surface area (Å²) in [5.41, 5.74) is 9.16. The predicted molar refractivity (Wildman–Crippen MR) is 114 cm³/mol. The quantitative estimate of drug-likeness (QED) is 0.351. The van der Waals surface area contributed by atoms with E-state index in [0.29, 0.717) is 5.92 Å². The number of hydrogen-bond donors (Lipinski definition) is 0. The molecule has 2 aliphatic rings. The third-order valence-corrected chi connectivity index (χ3v) is 6.62. The van der Waals surface area contributed by atoms with Gasteiger partial charge >= 0.3 is 12.2 Å². The molecule has 0 bridgehead atoms. The SMILES string of the molecule is CO[N+]1(OC)C2c3c(C)cc(C)cc3-c3ccc4c(CC(C)C)cccc4[n+]3C21. The van der Waals surface area contributed by atoms with Crippen LogP contribution in [0.25, 0.3) is 22.2 Å². The minimum absolute atomic E-state index is 0.0897. The summed E-state index contributed by atoms with van der Waals surface area (Å²) in [7, 11) is 3.50. The lowest BCUT2D eigenvalue weighted by Crippen LogP contribution is -2.43. The number of benzene rings is 2. The van der Waals surface area contributed by atoms with Crippen molar-refractivity contribution in [2.75, 3.05) is 14.2 Å².